The number of benzene rings is 1. The molecule has 1 aromatic carbocycles. The Balaban J connectivity index is 2.94. The summed E-state index contributed by atoms with van der Waals surface area (Å²) in [4.78, 5) is 24.9. The average molecular weight is 284 g/mol. The summed E-state index contributed by atoms with van der Waals surface area (Å²) in [6.07, 6.45) is 0. The van der Waals surface area contributed by atoms with Crippen molar-refractivity contribution in [3.05, 3.63) is 38.6 Å². The third-order valence-corrected chi connectivity index (χ3v) is 2.64. The molecule has 0 amide bonds. The Morgan fingerprint density at radius 1 is 1.38 bits per heavy atom. The van der Waals surface area contributed by atoms with E-state index in [1.54, 1.807) is 12.1 Å². The maximum atomic E-state index is 11.7. The van der Waals surface area contributed by atoms with Gasteiger partial charge in [-0.2, -0.15) is 0 Å². The quantitative estimate of drug-likeness (QED) is 0.743. The number of aromatic amines is 1. The van der Waals surface area contributed by atoms with Gasteiger partial charge >= 0.3 is 5.97 Å². The molecule has 1 heterocycles. The van der Waals surface area contributed by atoms with Gasteiger partial charge in [0.05, 0.1) is 10.9 Å². The Labute approximate surface area is 97.5 Å². The van der Waals surface area contributed by atoms with Crippen molar-refractivity contribution in [1.82, 2.24) is 4.98 Å². The van der Waals surface area contributed by atoms with Crippen molar-refractivity contribution >= 4 is 32.8 Å². The SMILES string of the molecule is O=C(O)c1[nH]c2ccc(Br)cc2c(=O)c1O. The van der Waals surface area contributed by atoms with E-state index in [9.17, 15) is 14.7 Å². The second-order valence-electron chi connectivity index (χ2n) is 3.17. The number of carboxylic acid groups (broad SMARTS) is 1. The number of fused-ring (bicyclic) bond motifs is 1. The van der Waals surface area contributed by atoms with E-state index in [1.807, 2.05) is 0 Å². The Kier molecular flexibility index (Phi) is 2.43. The lowest BCUT2D eigenvalue weighted by atomic mass is 10.2. The number of aromatic nitrogens is 1. The number of hydrogen-bond acceptors (Lipinski definition) is 3. The zero-order valence-electron chi connectivity index (χ0n) is 7.82. The number of aromatic carboxylic acids is 1. The molecule has 0 bridgehead atoms. The van der Waals surface area contributed by atoms with Crippen molar-refractivity contribution in [2.24, 2.45) is 0 Å². The summed E-state index contributed by atoms with van der Waals surface area (Å²) in [6.45, 7) is 0. The van der Waals surface area contributed by atoms with Crippen LogP contribution < -0.4 is 5.43 Å². The zero-order valence-corrected chi connectivity index (χ0v) is 9.41. The highest BCUT2D eigenvalue weighted by molar-refractivity contribution is 9.10. The summed E-state index contributed by atoms with van der Waals surface area (Å²) in [7, 11) is 0. The molecule has 16 heavy (non-hydrogen) atoms. The first-order chi connectivity index (χ1) is 7.50. The van der Waals surface area contributed by atoms with Gasteiger partial charge in [0.25, 0.3) is 0 Å². The van der Waals surface area contributed by atoms with Crippen LogP contribution in [0.3, 0.4) is 0 Å². The molecule has 82 valence electrons. The first kappa shape index (κ1) is 10.7. The zero-order chi connectivity index (χ0) is 11.9. The number of hydrogen-bond donors (Lipinski definition) is 3. The van der Waals surface area contributed by atoms with Crippen LogP contribution in [0, 0.1) is 0 Å². The van der Waals surface area contributed by atoms with E-state index >= 15 is 0 Å². The molecule has 2 aromatic rings. The van der Waals surface area contributed by atoms with Gasteiger partial charge in [0.1, 0.15) is 0 Å². The van der Waals surface area contributed by atoms with E-state index in [0.29, 0.717) is 9.99 Å². The van der Waals surface area contributed by atoms with Gasteiger partial charge in [-0.25, -0.2) is 4.79 Å². The first-order valence-corrected chi connectivity index (χ1v) is 5.08. The van der Waals surface area contributed by atoms with Crippen LogP contribution in [0.5, 0.6) is 5.75 Å². The van der Waals surface area contributed by atoms with E-state index in [0.717, 1.165) is 0 Å². The second kappa shape index (κ2) is 3.64. The number of H-pyrrole nitrogens is 1. The number of carbonyl (C=O) groups is 1. The molecule has 0 fully saturated rings. The predicted octanol–water partition coefficient (Wildman–Crippen LogP) is 1.69. The Morgan fingerprint density at radius 2 is 2.06 bits per heavy atom. The minimum absolute atomic E-state index is 0.233. The van der Waals surface area contributed by atoms with Gasteiger partial charge in [-0.1, -0.05) is 15.9 Å². The number of rotatable bonds is 1. The topological polar surface area (TPSA) is 90.4 Å². The molecule has 3 N–H and O–H groups in total. The summed E-state index contributed by atoms with van der Waals surface area (Å²) in [5, 5.41) is 18.4. The summed E-state index contributed by atoms with van der Waals surface area (Å²) in [5.74, 6) is -2.16. The molecule has 5 nitrogen and oxygen atoms in total. The van der Waals surface area contributed by atoms with E-state index in [2.05, 4.69) is 20.9 Å². The van der Waals surface area contributed by atoms with Crippen LogP contribution in [0.1, 0.15) is 10.5 Å². The smallest absolute Gasteiger partial charge is 0.356 e. The van der Waals surface area contributed by atoms with Crippen LogP contribution in [0.2, 0.25) is 0 Å². The molecule has 0 aliphatic rings. The largest absolute Gasteiger partial charge is 0.502 e. The van der Waals surface area contributed by atoms with Crippen LogP contribution in [-0.4, -0.2) is 21.2 Å². The van der Waals surface area contributed by atoms with Gasteiger partial charge in [-0.15, -0.1) is 0 Å². The number of halogens is 1. The molecule has 0 saturated heterocycles. The Bertz CT molecular complexity index is 647. The third-order valence-electron chi connectivity index (χ3n) is 2.15. The van der Waals surface area contributed by atoms with Crippen LogP contribution in [0.15, 0.2) is 27.5 Å². The molecular formula is C10H6BrNO4. The van der Waals surface area contributed by atoms with Gasteiger partial charge < -0.3 is 15.2 Å². The summed E-state index contributed by atoms with van der Waals surface area (Å²) in [5.41, 5.74) is -0.837. The van der Waals surface area contributed by atoms with E-state index in [4.69, 9.17) is 5.11 Å². The van der Waals surface area contributed by atoms with Gasteiger partial charge in [-0.3, -0.25) is 4.79 Å². The van der Waals surface area contributed by atoms with Crippen molar-refractivity contribution in [3.63, 3.8) is 0 Å². The van der Waals surface area contributed by atoms with Crippen LogP contribution >= 0.6 is 15.9 Å². The van der Waals surface area contributed by atoms with Gasteiger partial charge in [-0.05, 0) is 18.2 Å². The van der Waals surface area contributed by atoms with Crippen LogP contribution in [0.25, 0.3) is 10.9 Å². The fourth-order valence-electron chi connectivity index (χ4n) is 1.40. The minimum Gasteiger partial charge on any atom is -0.502 e. The second-order valence-corrected chi connectivity index (χ2v) is 4.09. The summed E-state index contributed by atoms with van der Waals surface area (Å²) in [6, 6.07) is 4.74. The van der Waals surface area contributed by atoms with Crippen molar-refractivity contribution in [1.29, 1.82) is 0 Å². The predicted molar refractivity (Wildman–Crippen MR) is 60.9 cm³/mol. The molecule has 2 rings (SSSR count). The van der Waals surface area contributed by atoms with Crippen LogP contribution in [0.4, 0.5) is 0 Å². The first-order valence-electron chi connectivity index (χ1n) is 4.28. The van der Waals surface area contributed by atoms with Crippen LogP contribution in [-0.2, 0) is 0 Å². The monoisotopic (exact) mass is 283 g/mol. The van der Waals surface area contributed by atoms with Crippen molar-refractivity contribution in [3.8, 4) is 5.75 Å². The molecule has 0 aliphatic heterocycles. The highest BCUT2D eigenvalue weighted by atomic mass is 79.9. The molecule has 0 atom stereocenters. The maximum Gasteiger partial charge on any atom is 0.356 e. The van der Waals surface area contributed by atoms with Gasteiger partial charge in [0.15, 0.2) is 11.4 Å². The van der Waals surface area contributed by atoms with Crippen molar-refractivity contribution in [2.75, 3.05) is 0 Å². The number of nitrogens with one attached hydrogen (secondary N) is 1. The van der Waals surface area contributed by atoms with Gasteiger partial charge in [0.2, 0.25) is 5.43 Å². The van der Waals surface area contributed by atoms with Gasteiger partial charge in [0, 0.05) is 4.47 Å². The van der Waals surface area contributed by atoms with Crippen molar-refractivity contribution < 1.29 is 15.0 Å². The highest BCUT2D eigenvalue weighted by Gasteiger charge is 2.16. The molecule has 0 spiro atoms. The lowest BCUT2D eigenvalue weighted by Crippen LogP contribution is -2.11. The Morgan fingerprint density at radius 3 is 2.69 bits per heavy atom. The van der Waals surface area contributed by atoms with Crippen molar-refractivity contribution in [2.45, 2.75) is 0 Å². The normalized spacial score (nSPS) is 10.6. The molecule has 6 heteroatoms. The molecule has 0 saturated carbocycles. The number of carboxylic acids is 1. The average Bonchev–Trinajstić information content (AvgIpc) is 2.23. The molecule has 0 unspecified atom stereocenters. The maximum absolute atomic E-state index is 11.7. The molecule has 0 aliphatic carbocycles. The van der Waals surface area contributed by atoms with E-state index in [-0.39, 0.29) is 5.39 Å². The number of aromatic hydroxyl groups is 1. The molecule has 1 aromatic heterocycles. The van der Waals surface area contributed by atoms with E-state index in [1.165, 1.54) is 6.07 Å². The summed E-state index contributed by atoms with van der Waals surface area (Å²) >= 11 is 3.19. The summed E-state index contributed by atoms with van der Waals surface area (Å²) < 4.78 is 0.674. The lowest BCUT2D eigenvalue weighted by Gasteiger charge is -2.03. The molecular weight excluding hydrogens is 278 g/mol. The molecule has 0 radical (unpaired) electrons. The lowest BCUT2D eigenvalue weighted by molar-refractivity contribution is 0.0687. The standard InChI is InChI=1S/C10H6BrNO4/c11-4-1-2-6-5(3-4)8(13)9(14)7(12-6)10(15)16/h1-3,14H,(H,12,13)(H,15,16). The minimum atomic E-state index is -1.38. The number of pyridine rings is 1. The Hall–Kier alpha value is -1.82. The van der Waals surface area contributed by atoms with E-state index < -0.39 is 22.8 Å². The fourth-order valence-corrected chi connectivity index (χ4v) is 1.76. The third kappa shape index (κ3) is 1.57. The fraction of sp³-hybridized carbons (Fsp3) is 0. The highest BCUT2D eigenvalue weighted by Crippen LogP contribution is 2.19.